The van der Waals surface area contributed by atoms with Crippen molar-refractivity contribution in [2.75, 3.05) is 12.0 Å². The minimum atomic E-state index is 0.428. The minimum Gasteiger partial charge on any atom is -0.285 e. The van der Waals surface area contributed by atoms with E-state index in [1.807, 2.05) is 11.8 Å². The number of aliphatic imine (C=N–C) groups is 1. The topological polar surface area (TPSA) is 12.4 Å². The molecule has 104 valence electrons. The van der Waals surface area contributed by atoms with E-state index in [0.29, 0.717) is 6.04 Å². The highest BCUT2D eigenvalue weighted by Crippen LogP contribution is 2.33. The van der Waals surface area contributed by atoms with Crippen molar-refractivity contribution in [1.29, 1.82) is 0 Å². The first-order valence-corrected chi connectivity index (χ1v) is 8.52. The molecular weight excluding hydrogens is 250 g/mol. The maximum Gasteiger partial charge on any atom is 0.0565 e. The van der Waals surface area contributed by atoms with Crippen molar-refractivity contribution < 1.29 is 0 Å². The summed E-state index contributed by atoms with van der Waals surface area (Å²) in [5.41, 5.74) is 10.2. The van der Waals surface area contributed by atoms with Gasteiger partial charge in [-0.1, -0.05) is 0 Å². The third kappa shape index (κ3) is 2.60. The highest BCUT2D eigenvalue weighted by atomic mass is 32.2. The number of fused-ring (bicyclic) bond motifs is 1. The van der Waals surface area contributed by atoms with Crippen molar-refractivity contribution in [2.45, 2.75) is 53.5 Å². The molecule has 0 radical (unpaired) electrons. The summed E-state index contributed by atoms with van der Waals surface area (Å²) >= 11 is 1.88. The Labute approximate surface area is 121 Å². The molecule has 1 nitrogen and oxygen atoms in total. The molecule has 19 heavy (non-hydrogen) atoms. The summed E-state index contributed by atoms with van der Waals surface area (Å²) in [6.07, 6.45) is 4.45. The average Bonchev–Trinajstić information content (AvgIpc) is 2.78. The third-order valence-corrected chi connectivity index (χ3v) is 5.32. The van der Waals surface area contributed by atoms with Gasteiger partial charge >= 0.3 is 0 Å². The highest BCUT2D eigenvalue weighted by molar-refractivity contribution is 7.98. The number of hydrogen-bond acceptors (Lipinski definition) is 2. The number of benzene rings is 1. The molecule has 0 saturated heterocycles. The van der Waals surface area contributed by atoms with Crippen LogP contribution in [0.1, 0.15) is 46.7 Å². The lowest BCUT2D eigenvalue weighted by molar-refractivity contribution is 0.844. The number of nitrogens with zero attached hydrogens (tertiary/aromatic N) is 1. The van der Waals surface area contributed by atoms with E-state index in [0.717, 1.165) is 12.2 Å². The van der Waals surface area contributed by atoms with E-state index in [1.54, 1.807) is 5.56 Å². The average molecular weight is 275 g/mol. The maximum atomic E-state index is 4.98. The van der Waals surface area contributed by atoms with E-state index < -0.39 is 0 Å². The second-order valence-corrected chi connectivity index (χ2v) is 6.64. The van der Waals surface area contributed by atoms with Crippen LogP contribution in [0.5, 0.6) is 0 Å². The van der Waals surface area contributed by atoms with Crippen LogP contribution in [0.3, 0.4) is 0 Å². The molecular formula is C17H25NS. The maximum absolute atomic E-state index is 4.98. The Morgan fingerprint density at radius 1 is 1.00 bits per heavy atom. The van der Waals surface area contributed by atoms with Crippen LogP contribution in [0.15, 0.2) is 4.99 Å². The van der Waals surface area contributed by atoms with Gasteiger partial charge in [-0.25, -0.2) is 0 Å². The molecule has 1 aliphatic carbocycles. The SMILES string of the molecule is CSC[C@H](C)N=C1CCc2c(C)c(C)c(C)c(C)c21. The minimum absolute atomic E-state index is 0.428. The number of thioether (sulfide) groups is 1. The summed E-state index contributed by atoms with van der Waals surface area (Å²) in [6, 6.07) is 0.428. The Morgan fingerprint density at radius 2 is 1.63 bits per heavy atom. The van der Waals surface area contributed by atoms with Crippen LogP contribution in [-0.4, -0.2) is 23.8 Å². The second kappa shape index (κ2) is 5.70. The third-order valence-electron chi connectivity index (χ3n) is 4.50. The molecule has 2 heteroatoms. The standard InChI is InChI=1S/C17H25NS/c1-10(9-19-6)18-16-8-7-15-13(4)11(2)12(3)14(5)17(15)16/h10H,7-9H2,1-6H3/t10-/m0/s1. The molecule has 0 aromatic heterocycles. The summed E-state index contributed by atoms with van der Waals surface area (Å²) in [5.74, 6) is 1.11. The molecule has 1 aliphatic rings. The van der Waals surface area contributed by atoms with Gasteiger partial charge in [0, 0.05) is 17.0 Å². The van der Waals surface area contributed by atoms with Crippen LogP contribution in [0.2, 0.25) is 0 Å². The van der Waals surface area contributed by atoms with Gasteiger partial charge in [0.2, 0.25) is 0 Å². The van der Waals surface area contributed by atoms with E-state index >= 15 is 0 Å². The first-order valence-electron chi connectivity index (χ1n) is 7.12. The molecule has 2 rings (SSSR count). The van der Waals surface area contributed by atoms with Gasteiger partial charge in [-0.15, -0.1) is 0 Å². The lowest BCUT2D eigenvalue weighted by Crippen LogP contribution is -2.09. The molecule has 0 unspecified atom stereocenters. The molecule has 0 fully saturated rings. The monoisotopic (exact) mass is 275 g/mol. The number of rotatable bonds is 3. The largest absolute Gasteiger partial charge is 0.285 e. The van der Waals surface area contributed by atoms with Crippen molar-refractivity contribution in [2.24, 2.45) is 4.99 Å². The normalized spacial score (nSPS) is 17.9. The Hall–Kier alpha value is -0.760. The summed E-state index contributed by atoms with van der Waals surface area (Å²) < 4.78 is 0. The summed E-state index contributed by atoms with van der Waals surface area (Å²) in [5, 5.41) is 0. The molecule has 1 aromatic rings. The zero-order valence-corrected chi connectivity index (χ0v) is 13.9. The van der Waals surface area contributed by atoms with Gasteiger partial charge in [0.1, 0.15) is 0 Å². The van der Waals surface area contributed by atoms with Crippen LogP contribution in [0.25, 0.3) is 0 Å². The molecule has 0 amide bonds. The highest BCUT2D eigenvalue weighted by Gasteiger charge is 2.24. The fourth-order valence-electron chi connectivity index (χ4n) is 3.14. The van der Waals surface area contributed by atoms with Crippen LogP contribution < -0.4 is 0 Å². The molecule has 0 bridgehead atoms. The summed E-state index contributed by atoms with van der Waals surface area (Å²) in [4.78, 5) is 4.98. The molecule has 0 spiro atoms. The summed E-state index contributed by atoms with van der Waals surface area (Å²) in [7, 11) is 0. The van der Waals surface area contributed by atoms with Crippen molar-refractivity contribution >= 4 is 17.5 Å². The molecule has 0 saturated carbocycles. The fraction of sp³-hybridized carbons (Fsp3) is 0.588. The first-order chi connectivity index (χ1) is 8.97. The Balaban J connectivity index is 2.51. The van der Waals surface area contributed by atoms with E-state index in [-0.39, 0.29) is 0 Å². The van der Waals surface area contributed by atoms with E-state index in [4.69, 9.17) is 4.99 Å². The summed E-state index contributed by atoms with van der Waals surface area (Å²) in [6.45, 7) is 11.3. The smallest absolute Gasteiger partial charge is 0.0565 e. The molecule has 0 aliphatic heterocycles. The molecule has 0 heterocycles. The molecule has 1 atom stereocenters. The van der Waals surface area contributed by atoms with Gasteiger partial charge in [0.25, 0.3) is 0 Å². The number of hydrogen-bond donors (Lipinski definition) is 0. The van der Waals surface area contributed by atoms with Crippen molar-refractivity contribution in [1.82, 2.24) is 0 Å². The van der Waals surface area contributed by atoms with Gasteiger partial charge in [-0.3, -0.25) is 4.99 Å². The Bertz CT molecular complexity index is 529. The van der Waals surface area contributed by atoms with Crippen molar-refractivity contribution in [3.8, 4) is 0 Å². The Kier molecular flexibility index (Phi) is 4.39. The van der Waals surface area contributed by atoms with Crippen molar-refractivity contribution in [3.05, 3.63) is 33.4 Å². The Morgan fingerprint density at radius 3 is 2.26 bits per heavy atom. The van der Waals surface area contributed by atoms with Gasteiger partial charge < -0.3 is 0 Å². The lowest BCUT2D eigenvalue weighted by atomic mass is 9.90. The predicted molar refractivity (Wildman–Crippen MR) is 88.1 cm³/mol. The zero-order valence-electron chi connectivity index (χ0n) is 13.1. The second-order valence-electron chi connectivity index (χ2n) is 5.73. The van der Waals surface area contributed by atoms with Gasteiger partial charge in [-0.05, 0) is 81.5 Å². The van der Waals surface area contributed by atoms with Crippen LogP contribution in [-0.2, 0) is 6.42 Å². The lowest BCUT2D eigenvalue weighted by Gasteiger charge is -2.16. The molecule has 0 N–H and O–H groups in total. The quantitative estimate of drug-likeness (QED) is 0.796. The van der Waals surface area contributed by atoms with Crippen molar-refractivity contribution in [3.63, 3.8) is 0 Å². The van der Waals surface area contributed by atoms with Crippen LogP contribution >= 0.6 is 11.8 Å². The van der Waals surface area contributed by atoms with Crippen LogP contribution in [0.4, 0.5) is 0 Å². The first kappa shape index (κ1) is 14.6. The van der Waals surface area contributed by atoms with Gasteiger partial charge in [-0.2, -0.15) is 11.8 Å². The zero-order chi connectivity index (χ0) is 14.2. The van der Waals surface area contributed by atoms with E-state index in [1.165, 1.54) is 39.9 Å². The van der Waals surface area contributed by atoms with E-state index in [9.17, 15) is 0 Å². The van der Waals surface area contributed by atoms with Gasteiger partial charge in [0.15, 0.2) is 0 Å². The predicted octanol–water partition coefficient (Wildman–Crippen LogP) is 4.41. The fourth-order valence-corrected chi connectivity index (χ4v) is 3.69. The van der Waals surface area contributed by atoms with Crippen LogP contribution in [0, 0.1) is 27.7 Å². The molecule has 1 aromatic carbocycles. The van der Waals surface area contributed by atoms with Gasteiger partial charge in [0.05, 0.1) is 6.04 Å². The van der Waals surface area contributed by atoms with E-state index in [2.05, 4.69) is 40.9 Å².